The molecule has 0 saturated carbocycles. The van der Waals surface area contributed by atoms with Gasteiger partial charge in [-0.1, -0.05) is 20.3 Å². The van der Waals surface area contributed by atoms with Crippen molar-refractivity contribution < 1.29 is 5.11 Å². The SMILES string of the molecule is CCCC/C(C)=C(/O)CC. The number of rotatable bonds is 4. The van der Waals surface area contributed by atoms with Crippen molar-refractivity contribution >= 4 is 0 Å². The van der Waals surface area contributed by atoms with Crippen molar-refractivity contribution in [1.29, 1.82) is 0 Å². The van der Waals surface area contributed by atoms with E-state index in [0.717, 1.165) is 18.4 Å². The molecule has 0 aromatic carbocycles. The number of aliphatic hydroxyl groups is 1. The van der Waals surface area contributed by atoms with Crippen LogP contribution in [0.25, 0.3) is 0 Å². The monoisotopic (exact) mass is 142 g/mol. The Labute approximate surface area is 63.8 Å². The third-order valence-electron chi connectivity index (χ3n) is 1.73. The van der Waals surface area contributed by atoms with Gasteiger partial charge >= 0.3 is 0 Å². The zero-order valence-corrected chi connectivity index (χ0v) is 7.28. The van der Waals surface area contributed by atoms with Crippen molar-refractivity contribution in [2.75, 3.05) is 0 Å². The molecule has 0 aliphatic carbocycles. The van der Waals surface area contributed by atoms with E-state index >= 15 is 0 Å². The van der Waals surface area contributed by atoms with Crippen LogP contribution in [0, 0.1) is 0 Å². The van der Waals surface area contributed by atoms with Crippen LogP contribution >= 0.6 is 0 Å². The van der Waals surface area contributed by atoms with Crippen LogP contribution in [0.2, 0.25) is 0 Å². The van der Waals surface area contributed by atoms with E-state index in [2.05, 4.69) is 6.92 Å². The first-order chi connectivity index (χ1) is 4.72. The normalized spacial score (nSPS) is 13.1. The summed E-state index contributed by atoms with van der Waals surface area (Å²) in [5.41, 5.74) is 1.16. The molecule has 0 aromatic heterocycles. The molecular weight excluding hydrogens is 124 g/mol. The Bertz CT molecular complexity index is 114. The molecule has 0 bridgehead atoms. The van der Waals surface area contributed by atoms with E-state index in [1.165, 1.54) is 12.8 Å². The fraction of sp³-hybridized carbons (Fsp3) is 0.778. The van der Waals surface area contributed by atoms with E-state index in [1.807, 2.05) is 13.8 Å². The van der Waals surface area contributed by atoms with E-state index < -0.39 is 0 Å². The van der Waals surface area contributed by atoms with Crippen LogP contribution in [0.4, 0.5) is 0 Å². The number of unbranched alkanes of at least 4 members (excludes halogenated alkanes) is 1. The van der Waals surface area contributed by atoms with Crippen LogP contribution in [0.1, 0.15) is 46.5 Å². The minimum atomic E-state index is 0.577. The molecule has 0 spiro atoms. The summed E-state index contributed by atoms with van der Waals surface area (Å²) in [7, 11) is 0. The van der Waals surface area contributed by atoms with Gasteiger partial charge in [0, 0.05) is 6.42 Å². The minimum absolute atomic E-state index is 0.577. The molecule has 0 aliphatic heterocycles. The van der Waals surface area contributed by atoms with E-state index in [1.54, 1.807) is 0 Å². The number of hydrogen-bond acceptors (Lipinski definition) is 1. The van der Waals surface area contributed by atoms with Gasteiger partial charge < -0.3 is 5.11 Å². The second kappa shape index (κ2) is 5.33. The first-order valence-electron chi connectivity index (χ1n) is 4.09. The molecule has 0 unspecified atom stereocenters. The van der Waals surface area contributed by atoms with Gasteiger partial charge in [-0.3, -0.25) is 0 Å². The molecule has 0 rings (SSSR count). The molecule has 0 fully saturated rings. The maximum absolute atomic E-state index is 9.23. The smallest absolute Gasteiger partial charge is 0.0909 e. The van der Waals surface area contributed by atoms with Gasteiger partial charge in [0.05, 0.1) is 5.76 Å². The maximum Gasteiger partial charge on any atom is 0.0909 e. The lowest BCUT2D eigenvalue weighted by Gasteiger charge is -2.01. The van der Waals surface area contributed by atoms with Crippen LogP contribution < -0.4 is 0 Å². The summed E-state index contributed by atoms with van der Waals surface area (Å²) in [6.07, 6.45) is 4.22. The van der Waals surface area contributed by atoms with Crippen molar-refractivity contribution in [2.45, 2.75) is 46.5 Å². The van der Waals surface area contributed by atoms with E-state index in [0.29, 0.717) is 5.76 Å². The predicted octanol–water partition coefficient (Wildman–Crippen LogP) is 3.42. The van der Waals surface area contributed by atoms with Gasteiger partial charge in [-0.15, -0.1) is 0 Å². The highest BCUT2D eigenvalue weighted by atomic mass is 16.3. The zero-order valence-electron chi connectivity index (χ0n) is 7.28. The number of aliphatic hydroxyl groups excluding tert-OH is 1. The summed E-state index contributed by atoms with van der Waals surface area (Å²) in [5, 5.41) is 9.23. The highest BCUT2D eigenvalue weighted by Gasteiger charge is 1.95. The lowest BCUT2D eigenvalue weighted by atomic mass is 10.1. The molecule has 60 valence electrons. The van der Waals surface area contributed by atoms with Crippen molar-refractivity contribution in [3.63, 3.8) is 0 Å². The standard InChI is InChI=1S/C9H18O/c1-4-6-7-8(3)9(10)5-2/h10H,4-7H2,1-3H3/b9-8+. The van der Waals surface area contributed by atoms with Crippen molar-refractivity contribution in [3.8, 4) is 0 Å². The summed E-state index contributed by atoms with van der Waals surface area (Å²) < 4.78 is 0. The summed E-state index contributed by atoms with van der Waals surface area (Å²) in [6.45, 7) is 6.15. The second-order valence-electron chi connectivity index (χ2n) is 2.68. The third kappa shape index (κ3) is 3.54. The van der Waals surface area contributed by atoms with Crippen LogP contribution in [-0.2, 0) is 0 Å². The van der Waals surface area contributed by atoms with E-state index in [4.69, 9.17) is 0 Å². The Morgan fingerprint density at radius 2 is 1.90 bits per heavy atom. The molecule has 10 heavy (non-hydrogen) atoms. The van der Waals surface area contributed by atoms with Crippen molar-refractivity contribution in [2.24, 2.45) is 0 Å². The highest BCUT2D eigenvalue weighted by Crippen LogP contribution is 2.11. The molecule has 1 N–H and O–H groups in total. The summed E-state index contributed by atoms with van der Waals surface area (Å²) in [5.74, 6) is 0.577. The molecule has 0 saturated heterocycles. The molecular formula is C9H18O. The Balaban J connectivity index is 3.68. The minimum Gasteiger partial charge on any atom is -0.512 e. The lowest BCUT2D eigenvalue weighted by Crippen LogP contribution is -1.85. The average Bonchev–Trinajstić information content (AvgIpc) is 1.98. The largest absolute Gasteiger partial charge is 0.512 e. The number of hydrogen-bond donors (Lipinski definition) is 1. The molecule has 0 radical (unpaired) electrons. The van der Waals surface area contributed by atoms with Gasteiger partial charge in [0.15, 0.2) is 0 Å². The molecule has 0 amide bonds. The first-order valence-corrected chi connectivity index (χ1v) is 4.09. The van der Waals surface area contributed by atoms with Gasteiger partial charge in [-0.2, -0.15) is 0 Å². The van der Waals surface area contributed by atoms with E-state index in [-0.39, 0.29) is 0 Å². The zero-order chi connectivity index (χ0) is 7.98. The van der Waals surface area contributed by atoms with E-state index in [9.17, 15) is 5.11 Å². The lowest BCUT2D eigenvalue weighted by molar-refractivity contribution is 0.384. The Kier molecular flexibility index (Phi) is 5.09. The topological polar surface area (TPSA) is 20.2 Å². The summed E-state index contributed by atoms with van der Waals surface area (Å²) in [6, 6.07) is 0. The molecule has 0 atom stereocenters. The van der Waals surface area contributed by atoms with Gasteiger partial charge in [0.2, 0.25) is 0 Å². The maximum atomic E-state index is 9.23. The molecule has 0 aliphatic rings. The second-order valence-corrected chi connectivity index (χ2v) is 2.68. The number of allylic oxidation sites excluding steroid dienone is 2. The molecule has 1 nitrogen and oxygen atoms in total. The molecule has 0 aromatic rings. The van der Waals surface area contributed by atoms with Crippen LogP contribution in [-0.4, -0.2) is 5.11 Å². The molecule has 1 heteroatoms. The quantitative estimate of drug-likeness (QED) is 0.596. The van der Waals surface area contributed by atoms with Crippen molar-refractivity contribution in [1.82, 2.24) is 0 Å². The Hall–Kier alpha value is -0.460. The Morgan fingerprint density at radius 1 is 1.30 bits per heavy atom. The van der Waals surface area contributed by atoms with Crippen LogP contribution in [0.15, 0.2) is 11.3 Å². The van der Waals surface area contributed by atoms with Crippen molar-refractivity contribution in [3.05, 3.63) is 11.3 Å². The average molecular weight is 142 g/mol. The van der Waals surface area contributed by atoms with Gasteiger partial charge in [-0.05, 0) is 25.3 Å². The highest BCUT2D eigenvalue weighted by molar-refractivity contribution is 5.03. The fourth-order valence-corrected chi connectivity index (χ4v) is 0.888. The molecule has 0 heterocycles. The van der Waals surface area contributed by atoms with Gasteiger partial charge in [-0.25, -0.2) is 0 Å². The fourth-order valence-electron chi connectivity index (χ4n) is 0.888. The first kappa shape index (κ1) is 9.54. The van der Waals surface area contributed by atoms with Gasteiger partial charge in [0.25, 0.3) is 0 Å². The Morgan fingerprint density at radius 3 is 2.30 bits per heavy atom. The third-order valence-corrected chi connectivity index (χ3v) is 1.73. The van der Waals surface area contributed by atoms with Crippen LogP contribution in [0.5, 0.6) is 0 Å². The van der Waals surface area contributed by atoms with Gasteiger partial charge in [0.1, 0.15) is 0 Å². The van der Waals surface area contributed by atoms with Crippen LogP contribution in [0.3, 0.4) is 0 Å². The predicted molar refractivity (Wildman–Crippen MR) is 45.1 cm³/mol. The summed E-state index contributed by atoms with van der Waals surface area (Å²) >= 11 is 0. The summed E-state index contributed by atoms with van der Waals surface area (Å²) in [4.78, 5) is 0.